The Labute approximate surface area is 303 Å². The number of nitrogens with zero attached hydrogens (tertiary/aromatic N) is 3. The Morgan fingerprint density at radius 1 is 0.808 bits per heavy atom. The Balaban J connectivity index is 0.905. The number of hydrogen-bond acceptors (Lipinski definition) is 7. The molecule has 0 spiro atoms. The number of carbonyl (C=O) groups is 3. The van der Waals surface area contributed by atoms with E-state index in [0.29, 0.717) is 48.1 Å². The van der Waals surface area contributed by atoms with Gasteiger partial charge in [0.1, 0.15) is 28.6 Å². The highest BCUT2D eigenvalue weighted by Gasteiger charge is 2.29. The quantitative estimate of drug-likeness (QED) is 0.147. The van der Waals surface area contributed by atoms with Gasteiger partial charge in [0.15, 0.2) is 0 Å². The second kappa shape index (κ2) is 14.5. The fourth-order valence-electron chi connectivity index (χ4n) is 7.73. The Morgan fingerprint density at radius 2 is 1.54 bits per heavy atom. The summed E-state index contributed by atoms with van der Waals surface area (Å²) < 4.78 is 7.82. The van der Waals surface area contributed by atoms with E-state index in [2.05, 4.69) is 45.9 Å². The van der Waals surface area contributed by atoms with Gasteiger partial charge in [-0.25, -0.2) is 4.68 Å². The molecule has 3 amide bonds. The first-order valence-electron chi connectivity index (χ1n) is 18.2. The van der Waals surface area contributed by atoms with E-state index in [4.69, 9.17) is 15.6 Å². The summed E-state index contributed by atoms with van der Waals surface area (Å²) in [4.78, 5) is 39.2. The summed E-state index contributed by atoms with van der Waals surface area (Å²) in [6.45, 7) is 3.67. The lowest BCUT2D eigenvalue weighted by Gasteiger charge is -2.32. The van der Waals surface area contributed by atoms with Crippen molar-refractivity contribution in [3.63, 3.8) is 0 Å². The van der Waals surface area contributed by atoms with Gasteiger partial charge in [-0.15, -0.1) is 0 Å². The molecule has 52 heavy (non-hydrogen) atoms. The number of rotatable bonds is 9. The number of ether oxygens (including phenoxy) is 1. The van der Waals surface area contributed by atoms with Crippen LogP contribution in [0, 0.1) is 0 Å². The molecular formula is C42H42N6O4. The Hall–Kier alpha value is -5.74. The van der Waals surface area contributed by atoms with Crippen molar-refractivity contribution in [2.45, 2.75) is 56.9 Å². The summed E-state index contributed by atoms with van der Waals surface area (Å²) in [6, 6.07) is 32.2. The lowest BCUT2D eigenvalue weighted by molar-refractivity contribution is -0.134. The molecule has 4 heterocycles. The number of hydrogen-bond donors (Lipinski definition) is 3. The maximum Gasteiger partial charge on any atom is 0.254 e. The number of imide groups is 1. The van der Waals surface area contributed by atoms with Gasteiger partial charge >= 0.3 is 0 Å². The summed E-state index contributed by atoms with van der Waals surface area (Å²) >= 11 is 0. The van der Waals surface area contributed by atoms with E-state index in [1.165, 1.54) is 16.7 Å². The zero-order valence-corrected chi connectivity index (χ0v) is 29.0. The standard InChI is InChI=1S/C42H42N6O4/c43-40(50)38-39(31-12-14-34(15-13-31)52-33-4-2-1-3-5-33)46-48-25-21-30-10-11-32(26-36(30)44-41(38)48)28-19-23-47(24-20-28)22-18-27-6-8-29(9-7-27)35-16-17-37(49)45-42(35)51/h1-15,26,28,35,44H,16-25H2,(H2,43,50)(H,45,49,51). The van der Waals surface area contributed by atoms with Crippen LogP contribution < -0.4 is 21.1 Å². The Kier molecular flexibility index (Phi) is 9.30. The van der Waals surface area contributed by atoms with Gasteiger partial charge in [0.25, 0.3) is 5.91 Å². The van der Waals surface area contributed by atoms with Gasteiger partial charge in [-0.2, -0.15) is 5.10 Å². The molecule has 264 valence electrons. The molecule has 10 nitrogen and oxygen atoms in total. The number of carbonyl (C=O) groups excluding carboxylic acids is 3. The van der Waals surface area contributed by atoms with E-state index in [9.17, 15) is 14.4 Å². The largest absolute Gasteiger partial charge is 0.457 e. The van der Waals surface area contributed by atoms with E-state index >= 15 is 0 Å². The molecule has 2 saturated heterocycles. The van der Waals surface area contributed by atoms with Gasteiger partial charge in [0.05, 0.1) is 5.92 Å². The Morgan fingerprint density at radius 3 is 2.27 bits per heavy atom. The number of likely N-dealkylation sites (tertiary alicyclic amines) is 1. The molecule has 0 bridgehead atoms. The fourth-order valence-corrected chi connectivity index (χ4v) is 7.73. The van der Waals surface area contributed by atoms with Gasteiger partial charge in [-0.3, -0.25) is 19.7 Å². The van der Waals surface area contributed by atoms with Gasteiger partial charge in [-0.1, -0.05) is 54.6 Å². The minimum atomic E-state index is -0.523. The SMILES string of the molecule is NC(=O)c1c(-c2ccc(Oc3ccccc3)cc2)nn2c1Nc1cc(C3CCN(CCc4ccc(C5CCC(=O)NC5=O)cc4)CC3)ccc1CC2. The van der Waals surface area contributed by atoms with Crippen LogP contribution in [-0.4, -0.2) is 52.0 Å². The number of para-hydroxylation sites is 1. The third-order valence-electron chi connectivity index (χ3n) is 10.7. The van der Waals surface area contributed by atoms with Crippen molar-refractivity contribution in [2.75, 3.05) is 25.0 Å². The van der Waals surface area contributed by atoms with Crippen molar-refractivity contribution < 1.29 is 19.1 Å². The smallest absolute Gasteiger partial charge is 0.254 e. The number of nitrogens with two attached hydrogens (primary N) is 1. The molecule has 4 N–H and O–H groups in total. The fraction of sp³-hybridized carbons (Fsp3) is 0.286. The summed E-state index contributed by atoms with van der Waals surface area (Å²) in [5.41, 5.74) is 13.5. The predicted octanol–water partition coefficient (Wildman–Crippen LogP) is 6.68. The van der Waals surface area contributed by atoms with E-state index in [1.54, 1.807) is 0 Å². The molecule has 3 aliphatic rings. The molecule has 0 aliphatic carbocycles. The average molecular weight is 695 g/mol. The first-order valence-corrected chi connectivity index (χ1v) is 18.2. The van der Waals surface area contributed by atoms with Gasteiger partial charge < -0.3 is 20.7 Å². The molecule has 1 atom stereocenters. The molecule has 1 unspecified atom stereocenters. The minimum absolute atomic E-state index is 0.185. The molecule has 3 aliphatic heterocycles. The van der Waals surface area contributed by atoms with Crippen LogP contribution in [0.2, 0.25) is 0 Å². The summed E-state index contributed by atoms with van der Waals surface area (Å²) in [5, 5.41) is 10.9. The first kappa shape index (κ1) is 33.4. The third-order valence-corrected chi connectivity index (χ3v) is 10.7. The number of benzene rings is 4. The maximum absolute atomic E-state index is 12.9. The number of nitrogens with one attached hydrogen (secondary N) is 2. The van der Waals surface area contributed by atoms with E-state index in [1.807, 2.05) is 71.4 Å². The van der Waals surface area contributed by atoms with Crippen molar-refractivity contribution in [1.29, 1.82) is 0 Å². The summed E-state index contributed by atoms with van der Waals surface area (Å²) in [6.07, 6.45) is 4.85. The monoisotopic (exact) mass is 694 g/mol. The average Bonchev–Trinajstić information content (AvgIpc) is 3.43. The van der Waals surface area contributed by atoms with Crippen LogP contribution in [-0.2, 0) is 29.0 Å². The zero-order valence-electron chi connectivity index (χ0n) is 29.0. The first-order chi connectivity index (χ1) is 25.4. The Bertz CT molecular complexity index is 2100. The second-order valence-corrected chi connectivity index (χ2v) is 14.0. The molecule has 10 heteroatoms. The number of amides is 3. The minimum Gasteiger partial charge on any atom is -0.457 e. The number of anilines is 2. The normalized spacial score (nSPS) is 17.7. The van der Waals surface area contributed by atoms with E-state index in [0.717, 1.165) is 67.9 Å². The third kappa shape index (κ3) is 7.07. The molecule has 0 saturated carbocycles. The predicted molar refractivity (Wildman–Crippen MR) is 200 cm³/mol. The van der Waals surface area contributed by atoms with E-state index < -0.39 is 5.91 Å². The van der Waals surface area contributed by atoms with Crippen LogP contribution in [0.25, 0.3) is 11.3 Å². The molecule has 4 aromatic carbocycles. The number of fused-ring (bicyclic) bond motifs is 2. The van der Waals surface area contributed by atoms with Crippen LogP contribution in [0.3, 0.4) is 0 Å². The van der Waals surface area contributed by atoms with Crippen LogP contribution >= 0.6 is 0 Å². The number of primary amides is 1. The maximum atomic E-state index is 12.9. The van der Waals surface area contributed by atoms with Crippen molar-refractivity contribution in [3.05, 3.63) is 125 Å². The van der Waals surface area contributed by atoms with Crippen LogP contribution in [0.4, 0.5) is 11.5 Å². The van der Waals surface area contributed by atoms with Crippen LogP contribution in [0.15, 0.2) is 97.1 Å². The topological polar surface area (TPSA) is 132 Å². The van der Waals surface area contributed by atoms with Gasteiger partial charge in [-0.05, 0) is 116 Å². The number of piperidine rings is 2. The van der Waals surface area contributed by atoms with Crippen LogP contribution in [0.1, 0.15) is 70.1 Å². The molecule has 2 fully saturated rings. The van der Waals surface area contributed by atoms with Crippen molar-refractivity contribution in [1.82, 2.24) is 20.0 Å². The highest BCUT2D eigenvalue weighted by atomic mass is 16.5. The van der Waals surface area contributed by atoms with E-state index in [-0.39, 0.29) is 17.7 Å². The van der Waals surface area contributed by atoms with Gasteiger partial charge in [0, 0.05) is 30.8 Å². The molecule has 5 aromatic rings. The van der Waals surface area contributed by atoms with Crippen LogP contribution in [0.5, 0.6) is 11.5 Å². The second-order valence-electron chi connectivity index (χ2n) is 14.0. The lowest BCUT2D eigenvalue weighted by atomic mass is 9.88. The number of aryl methyl sites for hydroxylation is 2. The summed E-state index contributed by atoms with van der Waals surface area (Å²) in [7, 11) is 0. The molecule has 0 radical (unpaired) electrons. The van der Waals surface area contributed by atoms with Crippen molar-refractivity contribution >= 4 is 29.2 Å². The summed E-state index contributed by atoms with van der Waals surface area (Å²) in [5.74, 6) is 1.38. The lowest BCUT2D eigenvalue weighted by Crippen LogP contribution is -2.39. The highest BCUT2D eigenvalue weighted by molar-refractivity contribution is 6.04. The molecule has 1 aromatic heterocycles. The zero-order chi connectivity index (χ0) is 35.6. The molecular weight excluding hydrogens is 653 g/mol. The van der Waals surface area contributed by atoms with Crippen molar-refractivity contribution in [3.8, 4) is 22.8 Å². The number of aromatic nitrogens is 2. The van der Waals surface area contributed by atoms with Gasteiger partial charge in [0.2, 0.25) is 11.8 Å². The van der Waals surface area contributed by atoms with Crippen molar-refractivity contribution in [2.24, 2.45) is 5.73 Å². The molecule has 8 rings (SSSR count). The highest BCUT2D eigenvalue weighted by Crippen LogP contribution is 2.38.